The molecule has 0 saturated carbocycles. The first-order valence-electron chi connectivity index (χ1n) is 11.1. The van der Waals surface area contributed by atoms with Crippen molar-refractivity contribution in [3.63, 3.8) is 0 Å². The number of benzene rings is 2. The summed E-state index contributed by atoms with van der Waals surface area (Å²) in [7, 11) is 5.25. The molecule has 2 aromatic carbocycles. The number of carbonyl (C=O) groups is 1. The van der Waals surface area contributed by atoms with E-state index in [9.17, 15) is 9.35 Å². The van der Waals surface area contributed by atoms with Crippen molar-refractivity contribution in [2.24, 2.45) is 0 Å². The van der Waals surface area contributed by atoms with E-state index in [0.29, 0.717) is 49.0 Å². The highest BCUT2D eigenvalue weighted by Crippen LogP contribution is 2.33. The summed E-state index contributed by atoms with van der Waals surface area (Å²) in [5.74, 6) is 2.01. The molecule has 1 aliphatic heterocycles. The first-order valence-corrected chi connectivity index (χ1v) is 14.0. The van der Waals surface area contributed by atoms with Crippen LogP contribution in [0.15, 0.2) is 38.1 Å². The number of nitrogens with zero attached hydrogens (tertiary/aromatic N) is 2. The number of anilines is 1. The van der Waals surface area contributed by atoms with E-state index in [1.807, 2.05) is 36.2 Å². The standard InChI is InChI=1S/C24H31Br2N3O4S/c1-28(9-10-34(31)18-14-19(25)24(27)20(26)15-18)6-4-7-29-8-5-16-11-21(32-2)22(33-3)12-17(16)13-23(29)30/h11-12,14-15H,4-10,13,27H2,1-3H3. The van der Waals surface area contributed by atoms with E-state index in [0.717, 1.165) is 44.4 Å². The van der Waals surface area contributed by atoms with Gasteiger partial charge in [0.15, 0.2) is 16.4 Å². The summed E-state index contributed by atoms with van der Waals surface area (Å²) in [6, 6.07) is 7.52. The van der Waals surface area contributed by atoms with Crippen LogP contribution >= 0.6 is 31.9 Å². The molecule has 3 rings (SSSR count). The summed E-state index contributed by atoms with van der Waals surface area (Å²) >= 11 is 5.69. The first kappa shape index (κ1) is 27.1. The lowest BCUT2D eigenvalue weighted by Gasteiger charge is -2.23. The zero-order chi connectivity index (χ0) is 24.8. The Hall–Kier alpha value is -1.46. The molecule has 1 aliphatic rings. The molecular weight excluding hydrogens is 586 g/mol. The molecule has 1 amide bonds. The van der Waals surface area contributed by atoms with E-state index in [1.54, 1.807) is 14.2 Å². The minimum atomic E-state index is -1.12. The Bertz CT molecular complexity index is 1000. The highest BCUT2D eigenvalue weighted by molar-refractivity contribution is 9.11. The molecule has 0 radical (unpaired) electrons. The fraction of sp³-hybridized carbons (Fsp3) is 0.458. The fourth-order valence-corrected chi connectivity index (χ4v) is 6.65. The van der Waals surface area contributed by atoms with Crippen LogP contribution in [0.1, 0.15) is 17.5 Å². The zero-order valence-corrected chi connectivity index (χ0v) is 23.7. The molecule has 2 N–H and O–H groups in total. The predicted octanol–water partition coefficient (Wildman–Crippen LogP) is 3.87. The molecule has 34 heavy (non-hydrogen) atoms. The van der Waals surface area contributed by atoms with Gasteiger partial charge >= 0.3 is 0 Å². The van der Waals surface area contributed by atoms with Crippen molar-refractivity contribution in [3.8, 4) is 11.5 Å². The van der Waals surface area contributed by atoms with Crippen LogP contribution in [-0.4, -0.2) is 73.5 Å². The number of nitrogen functional groups attached to an aromatic ring is 1. The number of carbonyl (C=O) groups excluding carboxylic acids is 1. The molecule has 7 nitrogen and oxygen atoms in total. The molecule has 0 fully saturated rings. The molecule has 1 unspecified atom stereocenters. The van der Waals surface area contributed by atoms with Crippen molar-refractivity contribution < 1.29 is 18.8 Å². The maximum Gasteiger partial charge on any atom is 0.227 e. The van der Waals surface area contributed by atoms with Crippen molar-refractivity contribution in [2.75, 3.05) is 58.9 Å². The van der Waals surface area contributed by atoms with Gasteiger partial charge in [0.25, 0.3) is 0 Å². The second-order valence-electron chi connectivity index (χ2n) is 8.29. The average Bonchev–Trinajstić information content (AvgIpc) is 2.97. The van der Waals surface area contributed by atoms with Crippen LogP contribution in [0.4, 0.5) is 5.69 Å². The predicted molar refractivity (Wildman–Crippen MR) is 143 cm³/mol. The van der Waals surface area contributed by atoms with Crippen LogP contribution in [-0.2, 0) is 28.8 Å². The van der Waals surface area contributed by atoms with Crippen LogP contribution in [0.2, 0.25) is 0 Å². The number of hydrogen-bond acceptors (Lipinski definition) is 6. The topological polar surface area (TPSA) is 91.1 Å². The van der Waals surface area contributed by atoms with Gasteiger partial charge in [-0.1, -0.05) is 0 Å². The molecule has 0 bridgehead atoms. The Morgan fingerprint density at radius 3 is 2.32 bits per heavy atom. The second-order valence-corrected chi connectivity index (χ2v) is 11.6. The van der Waals surface area contributed by atoms with Gasteiger partial charge in [0.2, 0.25) is 5.91 Å². The molecule has 2 aromatic rings. The van der Waals surface area contributed by atoms with Gasteiger partial charge in [-0.25, -0.2) is 0 Å². The maximum absolute atomic E-state index is 12.8. The van der Waals surface area contributed by atoms with Gasteiger partial charge in [0.1, 0.15) is 5.75 Å². The lowest BCUT2D eigenvalue weighted by atomic mass is 10.0. The van der Waals surface area contributed by atoms with Crippen molar-refractivity contribution in [3.05, 3.63) is 44.3 Å². The first-order chi connectivity index (χ1) is 16.2. The van der Waals surface area contributed by atoms with E-state index >= 15 is 0 Å². The van der Waals surface area contributed by atoms with Crippen molar-refractivity contribution in [1.29, 1.82) is 0 Å². The monoisotopic (exact) mass is 615 g/mol. The van der Waals surface area contributed by atoms with Gasteiger partial charge < -0.3 is 29.6 Å². The number of halogens is 2. The number of amides is 1. The highest BCUT2D eigenvalue weighted by atomic mass is 79.9. The molecule has 1 heterocycles. The third-order valence-electron chi connectivity index (χ3n) is 5.99. The number of methoxy groups -OCH3 is 2. The van der Waals surface area contributed by atoms with Gasteiger partial charge in [-0.15, -0.1) is 0 Å². The lowest BCUT2D eigenvalue weighted by molar-refractivity contribution is -0.130. The number of nitrogens with two attached hydrogens (primary N) is 1. The average molecular weight is 617 g/mol. The van der Waals surface area contributed by atoms with Crippen molar-refractivity contribution in [2.45, 2.75) is 24.2 Å². The van der Waals surface area contributed by atoms with Gasteiger partial charge in [-0.05, 0) is 92.7 Å². The van der Waals surface area contributed by atoms with Gasteiger partial charge in [0, 0.05) is 40.7 Å². The molecular formula is C24H31Br2N3O4S. The molecule has 10 heteroatoms. The Balaban J connectivity index is 1.47. The van der Waals surface area contributed by atoms with Crippen LogP contribution in [0.5, 0.6) is 11.5 Å². The van der Waals surface area contributed by atoms with Crippen LogP contribution in [0.25, 0.3) is 0 Å². The SMILES string of the molecule is COc1cc2c(cc1OC)CC(=O)N(CCCN(C)CC[S+]([O-])c1cc(Br)c(N)c(Br)c1)CC2. The Morgan fingerprint density at radius 1 is 1.09 bits per heavy atom. The zero-order valence-electron chi connectivity index (χ0n) is 19.7. The molecule has 0 spiro atoms. The molecule has 186 valence electrons. The summed E-state index contributed by atoms with van der Waals surface area (Å²) in [5, 5.41) is 0. The van der Waals surface area contributed by atoms with Crippen LogP contribution < -0.4 is 15.2 Å². The Kier molecular flexibility index (Phi) is 9.96. The fourth-order valence-electron chi connectivity index (χ4n) is 3.94. The maximum atomic E-state index is 12.8. The van der Waals surface area contributed by atoms with Crippen molar-refractivity contribution in [1.82, 2.24) is 9.80 Å². The van der Waals surface area contributed by atoms with E-state index in [4.69, 9.17) is 15.2 Å². The molecule has 0 aromatic heterocycles. The summed E-state index contributed by atoms with van der Waals surface area (Å²) in [6.45, 7) is 2.91. The van der Waals surface area contributed by atoms with Crippen LogP contribution in [0, 0.1) is 0 Å². The quantitative estimate of drug-likeness (QED) is 0.322. The minimum absolute atomic E-state index is 0.134. The Labute approximate surface area is 221 Å². The second kappa shape index (κ2) is 12.5. The lowest BCUT2D eigenvalue weighted by Crippen LogP contribution is -2.35. The summed E-state index contributed by atoms with van der Waals surface area (Å²) in [4.78, 5) is 17.7. The van der Waals surface area contributed by atoms with E-state index < -0.39 is 11.2 Å². The molecule has 0 aliphatic carbocycles. The van der Waals surface area contributed by atoms with E-state index in [1.165, 1.54) is 0 Å². The van der Waals surface area contributed by atoms with Gasteiger partial charge in [-0.2, -0.15) is 0 Å². The Morgan fingerprint density at radius 2 is 1.71 bits per heavy atom. The molecule has 1 atom stereocenters. The van der Waals surface area contributed by atoms with Crippen LogP contribution in [0.3, 0.4) is 0 Å². The van der Waals surface area contributed by atoms with E-state index in [-0.39, 0.29) is 5.91 Å². The smallest absolute Gasteiger partial charge is 0.227 e. The number of fused-ring (bicyclic) bond motifs is 1. The molecule has 0 saturated heterocycles. The highest BCUT2D eigenvalue weighted by Gasteiger charge is 2.23. The summed E-state index contributed by atoms with van der Waals surface area (Å²) in [5.41, 5.74) is 8.66. The third kappa shape index (κ3) is 6.81. The number of rotatable bonds is 10. The van der Waals surface area contributed by atoms with Gasteiger partial charge in [-0.3, -0.25) is 4.79 Å². The van der Waals surface area contributed by atoms with Crippen molar-refractivity contribution >= 4 is 54.6 Å². The minimum Gasteiger partial charge on any atom is -0.611 e. The number of ether oxygens (including phenoxy) is 2. The number of hydrogen-bond donors (Lipinski definition) is 1. The normalized spacial score (nSPS) is 14.7. The summed E-state index contributed by atoms with van der Waals surface area (Å²) < 4.78 is 25.0. The van der Waals surface area contributed by atoms with E-state index in [2.05, 4.69) is 36.8 Å². The summed E-state index contributed by atoms with van der Waals surface area (Å²) in [6.07, 6.45) is 2.02. The third-order valence-corrected chi connectivity index (χ3v) is 8.62. The largest absolute Gasteiger partial charge is 0.611 e. The van der Waals surface area contributed by atoms with Gasteiger partial charge in [0.05, 0.1) is 26.3 Å².